The molecule has 0 aromatic rings. The van der Waals surface area contributed by atoms with E-state index in [0.717, 1.165) is 6.42 Å². The minimum atomic E-state index is -1.27. The van der Waals surface area contributed by atoms with Gasteiger partial charge in [0.25, 0.3) is 0 Å². The van der Waals surface area contributed by atoms with E-state index in [0.29, 0.717) is 19.3 Å². The summed E-state index contributed by atoms with van der Waals surface area (Å²) < 4.78 is 11.7. The van der Waals surface area contributed by atoms with Crippen LogP contribution in [-0.4, -0.2) is 47.1 Å². The molecule has 0 amide bonds. The summed E-state index contributed by atoms with van der Waals surface area (Å²) in [6.07, 6.45) is 0.369. The summed E-state index contributed by atoms with van der Waals surface area (Å²) in [6.45, 7) is 6.31. The molecule has 9 atom stereocenters. The molecule has 26 heavy (non-hydrogen) atoms. The highest BCUT2D eigenvalue weighted by molar-refractivity contribution is 6.08. The van der Waals surface area contributed by atoms with Crippen LogP contribution in [0.5, 0.6) is 0 Å². The maximum atomic E-state index is 13.3. The van der Waals surface area contributed by atoms with Gasteiger partial charge in [-0.3, -0.25) is 9.59 Å². The highest BCUT2D eigenvalue weighted by Gasteiger charge is 2.79. The van der Waals surface area contributed by atoms with Crippen molar-refractivity contribution in [1.29, 1.82) is 0 Å². The average molecular weight is 364 g/mol. The SMILES string of the molecule is C[C@H]1C(=O)[C@]23C[C@H]1C[C@H](O)[C@H]2[C@@]12CO[C@@H](O)[C@@H]1C(C)(C)CC[C@@H]2OC3=O. The molecule has 2 saturated heterocycles. The lowest BCUT2D eigenvalue weighted by atomic mass is 9.43. The number of carbonyl (C=O) groups is 2. The number of Topliss-reactive ketones (excluding diaryl/α,β-unsaturated/α-hetero) is 1. The zero-order valence-corrected chi connectivity index (χ0v) is 15.6. The van der Waals surface area contributed by atoms with E-state index >= 15 is 0 Å². The van der Waals surface area contributed by atoms with Crippen molar-refractivity contribution >= 4 is 11.8 Å². The zero-order valence-electron chi connectivity index (χ0n) is 15.6. The Morgan fingerprint density at radius 2 is 1.88 bits per heavy atom. The molecule has 0 aromatic heterocycles. The van der Waals surface area contributed by atoms with Gasteiger partial charge in [-0.1, -0.05) is 20.8 Å². The standard InChI is InChI=1S/C20H28O6/c1-9-10-6-11(21)13-19(7-10,15(9)22)17(24)26-12-4-5-18(2,3)14-16(23)25-8-20(12,13)14/h9-14,16,21,23H,4-8H2,1-3H3/t9-,10-,11+,12+,13-,14-,16-,19+,20+/m1/s1. The van der Waals surface area contributed by atoms with Gasteiger partial charge in [0.2, 0.25) is 0 Å². The molecule has 6 heteroatoms. The molecule has 3 saturated carbocycles. The van der Waals surface area contributed by atoms with Gasteiger partial charge in [0.05, 0.1) is 12.7 Å². The second kappa shape index (κ2) is 4.89. The highest BCUT2D eigenvalue weighted by atomic mass is 16.6. The fraction of sp³-hybridized carbons (Fsp3) is 0.900. The molecule has 2 heterocycles. The summed E-state index contributed by atoms with van der Waals surface area (Å²) >= 11 is 0. The third-order valence-electron chi connectivity index (χ3n) is 8.66. The summed E-state index contributed by atoms with van der Waals surface area (Å²) in [5.74, 6) is -1.54. The average Bonchev–Trinajstić information content (AvgIpc) is 3.01. The van der Waals surface area contributed by atoms with Gasteiger partial charge in [0, 0.05) is 23.2 Å². The Morgan fingerprint density at radius 3 is 2.62 bits per heavy atom. The number of aliphatic hydroxyl groups is 2. The fourth-order valence-corrected chi connectivity index (χ4v) is 7.68. The number of carbonyl (C=O) groups excluding carboxylic acids is 2. The van der Waals surface area contributed by atoms with Gasteiger partial charge in [0.15, 0.2) is 12.1 Å². The third kappa shape index (κ3) is 1.66. The van der Waals surface area contributed by atoms with Crippen molar-refractivity contribution in [2.75, 3.05) is 6.61 Å². The molecule has 0 unspecified atom stereocenters. The van der Waals surface area contributed by atoms with Crippen molar-refractivity contribution in [2.45, 2.75) is 65.0 Å². The van der Waals surface area contributed by atoms with Crippen LogP contribution in [0.4, 0.5) is 0 Å². The smallest absolute Gasteiger partial charge is 0.320 e. The van der Waals surface area contributed by atoms with Crippen molar-refractivity contribution in [1.82, 2.24) is 0 Å². The Bertz CT molecular complexity index is 688. The lowest BCUT2D eigenvalue weighted by Gasteiger charge is -2.62. The van der Waals surface area contributed by atoms with Crippen LogP contribution in [-0.2, 0) is 19.1 Å². The van der Waals surface area contributed by atoms with Gasteiger partial charge in [-0.05, 0) is 37.0 Å². The van der Waals surface area contributed by atoms with Crippen molar-refractivity contribution in [2.24, 2.45) is 39.9 Å². The Hall–Kier alpha value is -0.980. The van der Waals surface area contributed by atoms with Crippen molar-refractivity contribution in [3.8, 4) is 0 Å². The summed E-state index contributed by atoms with van der Waals surface area (Å²) in [5, 5.41) is 21.9. The minimum absolute atomic E-state index is 0.0246. The predicted molar refractivity (Wildman–Crippen MR) is 89.6 cm³/mol. The summed E-state index contributed by atoms with van der Waals surface area (Å²) in [6, 6.07) is 0. The van der Waals surface area contributed by atoms with Crippen LogP contribution in [0.15, 0.2) is 0 Å². The van der Waals surface area contributed by atoms with Crippen LogP contribution in [0.2, 0.25) is 0 Å². The second-order valence-corrected chi connectivity index (χ2v) is 10.1. The van der Waals surface area contributed by atoms with E-state index in [-0.39, 0.29) is 35.6 Å². The van der Waals surface area contributed by atoms with E-state index in [9.17, 15) is 19.8 Å². The largest absolute Gasteiger partial charge is 0.461 e. The van der Waals surface area contributed by atoms with E-state index in [1.54, 1.807) is 0 Å². The molecule has 5 rings (SSSR count). The first kappa shape index (κ1) is 17.1. The number of ketones is 1. The van der Waals surface area contributed by atoms with Crippen LogP contribution < -0.4 is 0 Å². The molecule has 2 aliphatic heterocycles. The van der Waals surface area contributed by atoms with Crippen LogP contribution in [0.25, 0.3) is 0 Å². The van der Waals surface area contributed by atoms with Crippen LogP contribution in [0.3, 0.4) is 0 Å². The number of hydrogen-bond acceptors (Lipinski definition) is 6. The second-order valence-electron chi connectivity index (χ2n) is 10.1. The molecule has 5 aliphatic rings. The number of fused-ring (bicyclic) bond motifs is 1. The minimum Gasteiger partial charge on any atom is -0.461 e. The van der Waals surface area contributed by atoms with Gasteiger partial charge in [0.1, 0.15) is 11.5 Å². The summed E-state index contributed by atoms with van der Waals surface area (Å²) in [7, 11) is 0. The number of rotatable bonds is 0. The van der Waals surface area contributed by atoms with Crippen molar-refractivity contribution in [3.05, 3.63) is 0 Å². The fourth-order valence-electron chi connectivity index (χ4n) is 7.68. The van der Waals surface area contributed by atoms with Gasteiger partial charge in [-0.2, -0.15) is 0 Å². The van der Waals surface area contributed by atoms with Crippen LogP contribution in [0.1, 0.15) is 46.5 Å². The maximum Gasteiger partial charge on any atom is 0.320 e. The van der Waals surface area contributed by atoms with Gasteiger partial charge >= 0.3 is 5.97 Å². The molecule has 3 aliphatic carbocycles. The Balaban J connectivity index is 1.73. The summed E-state index contributed by atoms with van der Waals surface area (Å²) in [4.78, 5) is 26.4. The molecule has 2 spiro atoms. The van der Waals surface area contributed by atoms with Crippen LogP contribution in [0, 0.1) is 39.9 Å². The molecule has 2 bridgehead atoms. The third-order valence-corrected chi connectivity index (χ3v) is 8.66. The predicted octanol–water partition coefficient (Wildman–Crippen LogP) is 1.28. The Morgan fingerprint density at radius 1 is 1.15 bits per heavy atom. The lowest BCUT2D eigenvalue weighted by molar-refractivity contribution is -0.251. The molecule has 144 valence electrons. The number of ether oxygens (including phenoxy) is 2. The monoisotopic (exact) mass is 364 g/mol. The molecule has 0 radical (unpaired) electrons. The van der Waals surface area contributed by atoms with E-state index in [1.807, 2.05) is 6.92 Å². The molecule has 2 N–H and O–H groups in total. The van der Waals surface area contributed by atoms with E-state index in [4.69, 9.17) is 9.47 Å². The zero-order chi connectivity index (χ0) is 18.6. The molecule has 5 fully saturated rings. The van der Waals surface area contributed by atoms with E-state index < -0.39 is 41.2 Å². The first-order valence-corrected chi connectivity index (χ1v) is 9.89. The molecule has 6 nitrogen and oxygen atoms in total. The molecular weight excluding hydrogens is 336 g/mol. The van der Waals surface area contributed by atoms with Crippen LogP contribution >= 0.6 is 0 Å². The van der Waals surface area contributed by atoms with E-state index in [1.165, 1.54) is 0 Å². The van der Waals surface area contributed by atoms with Gasteiger partial charge in [-0.25, -0.2) is 0 Å². The Labute approximate surface area is 153 Å². The van der Waals surface area contributed by atoms with Gasteiger partial charge < -0.3 is 19.7 Å². The highest BCUT2D eigenvalue weighted by Crippen LogP contribution is 2.71. The quantitative estimate of drug-likeness (QED) is 0.497. The first-order valence-electron chi connectivity index (χ1n) is 9.89. The Kier molecular flexibility index (Phi) is 3.22. The number of hydrogen-bond donors (Lipinski definition) is 2. The topological polar surface area (TPSA) is 93.1 Å². The number of aliphatic hydroxyl groups excluding tert-OH is 2. The normalized spacial score (nSPS) is 57.2. The summed E-state index contributed by atoms with van der Waals surface area (Å²) in [5.41, 5.74) is -2.18. The molecular formula is C20H28O6. The van der Waals surface area contributed by atoms with Crippen molar-refractivity contribution < 1.29 is 29.3 Å². The maximum absolute atomic E-state index is 13.3. The van der Waals surface area contributed by atoms with Crippen molar-refractivity contribution in [3.63, 3.8) is 0 Å². The molecule has 0 aromatic carbocycles. The lowest BCUT2D eigenvalue weighted by Crippen LogP contribution is -2.70. The van der Waals surface area contributed by atoms with Gasteiger partial charge in [-0.15, -0.1) is 0 Å². The first-order chi connectivity index (χ1) is 12.2. The van der Waals surface area contributed by atoms with E-state index in [2.05, 4.69) is 13.8 Å². The number of esters is 1.